The molecule has 0 aliphatic heterocycles. The number of nitrogens with zero attached hydrogens (tertiary/aromatic N) is 2. The predicted molar refractivity (Wildman–Crippen MR) is 87.1 cm³/mol. The molecule has 1 aromatic heterocycles. The molecule has 0 aliphatic rings. The lowest BCUT2D eigenvalue weighted by Crippen LogP contribution is -2.06. The highest BCUT2D eigenvalue weighted by atomic mass is 79.9. The second-order valence-corrected chi connectivity index (χ2v) is 5.52. The molecule has 1 heterocycles. The number of hydrogen-bond acceptors (Lipinski definition) is 3. The Hall–Kier alpha value is -2.32. The number of fused-ring (bicyclic) bond motifs is 1. The number of hydrogen-bond donors (Lipinski definition) is 2. The van der Waals surface area contributed by atoms with Crippen LogP contribution in [-0.2, 0) is 6.42 Å². The van der Waals surface area contributed by atoms with Crippen LogP contribution in [0.25, 0.3) is 11.0 Å². The van der Waals surface area contributed by atoms with Crippen molar-refractivity contribution in [2.75, 3.05) is 11.9 Å². The van der Waals surface area contributed by atoms with Gasteiger partial charge in [-0.2, -0.15) is 5.26 Å². The van der Waals surface area contributed by atoms with Crippen molar-refractivity contribution in [2.24, 2.45) is 0 Å². The minimum atomic E-state index is 0.586. The van der Waals surface area contributed by atoms with Crippen LogP contribution in [0.1, 0.15) is 11.1 Å². The van der Waals surface area contributed by atoms with E-state index in [0.717, 1.165) is 23.0 Å². The van der Waals surface area contributed by atoms with Crippen LogP contribution in [0.5, 0.6) is 0 Å². The summed E-state index contributed by atoms with van der Waals surface area (Å²) in [7, 11) is 0. The lowest BCUT2D eigenvalue weighted by atomic mass is 10.1. The number of benzene rings is 2. The highest BCUT2D eigenvalue weighted by Gasteiger charge is 2.06. The number of aromatic amines is 1. The van der Waals surface area contributed by atoms with E-state index >= 15 is 0 Å². The monoisotopic (exact) mass is 340 g/mol. The molecule has 0 saturated carbocycles. The van der Waals surface area contributed by atoms with E-state index in [1.54, 1.807) is 6.07 Å². The Morgan fingerprint density at radius 3 is 2.86 bits per heavy atom. The summed E-state index contributed by atoms with van der Waals surface area (Å²) in [5.41, 5.74) is 3.42. The van der Waals surface area contributed by atoms with E-state index in [1.807, 2.05) is 30.3 Å². The Balaban J connectivity index is 1.72. The van der Waals surface area contributed by atoms with Gasteiger partial charge in [-0.05, 0) is 30.2 Å². The van der Waals surface area contributed by atoms with Gasteiger partial charge in [-0.3, -0.25) is 0 Å². The van der Waals surface area contributed by atoms with Crippen LogP contribution in [0.4, 0.5) is 5.95 Å². The molecule has 4 nitrogen and oxygen atoms in total. The SMILES string of the molecule is N#Cc1cccc2[nH]c(NCCc3ccccc3Br)nc12. The number of anilines is 1. The van der Waals surface area contributed by atoms with Gasteiger partial charge in [-0.1, -0.05) is 40.2 Å². The maximum atomic E-state index is 9.07. The van der Waals surface area contributed by atoms with Gasteiger partial charge in [0.1, 0.15) is 11.6 Å². The number of aromatic nitrogens is 2. The molecule has 0 bridgehead atoms. The first-order valence-corrected chi connectivity index (χ1v) is 7.43. The summed E-state index contributed by atoms with van der Waals surface area (Å²) in [5.74, 6) is 0.694. The number of H-pyrrole nitrogens is 1. The zero-order chi connectivity index (χ0) is 14.7. The Morgan fingerprint density at radius 2 is 2.05 bits per heavy atom. The summed E-state index contributed by atoms with van der Waals surface area (Å²) < 4.78 is 1.11. The van der Waals surface area contributed by atoms with Gasteiger partial charge >= 0.3 is 0 Å². The summed E-state index contributed by atoms with van der Waals surface area (Å²) in [5, 5.41) is 12.3. The van der Waals surface area contributed by atoms with Crippen molar-refractivity contribution in [3.63, 3.8) is 0 Å². The van der Waals surface area contributed by atoms with Crippen LogP contribution in [0.2, 0.25) is 0 Å². The highest BCUT2D eigenvalue weighted by molar-refractivity contribution is 9.10. The standard InChI is InChI=1S/C16H13BrN4/c17-13-6-2-1-4-11(13)8-9-19-16-20-14-7-3-5-12(10-18)15(14)21-16/h1-7H,8-9H2,(H2,19,20,21). The van der Waals surface area contributed by atoms with Crippen molar-refractivity contribution in [1.29, 1.82) is 5.26 Å². The minimum absolute atomic E-state index is 0.586. The number of para-hydroxylation sites is 1. The zero-order valence-electron chi connectivity index (χ0n) is 11.2. The third-order valence-electron chi connectivity index (χ3n) is 3.28. The van der Waals surface area contributed by atoms with Crippen LogP contribution >= 0.6 is 15.9 Å². The van der Waals surface area contributed by atoms with Crippen LogP contribution in [0.3, 0.4) is 0 Å². The van der Waals surface area contributed by atoms with Gasteiger partial charge in [0.05, 0.1) is 11.1 Å². The average molecular weight is 341 g/mol. The molecule has 0 saturated heterocycles. The van der Waals surface area contributed by atoms with Crippen molar-refractivity contribution in [1.82, 2.24) is 9.97 Å². The Kier molecular flexibility index (Phi) is 3.89. The van der Waals surface area contributed by atoms with Gasteiger partial charge < -0.3 is 10.3 Å². The summed E-state index contributed by atoms with van der Waals surface area (Å²) in [6.45, 7) is 0.768. The maximum absolute atomic E-state index is 9.07. The Labute approximate surface area is 131 Å². The molecule has 0 unspecified atom stereocenters. The molecular weight excluding hydrogens is 328 g/mol. The van der Waals surface area contributed by atoms with E-state index in [1.165, 1.54) is 5.56 Å². The van der Waals surface area contributed by atoms with Gasteiger partial charge in [0.25, 0.3) is 0 Å². The maximum Gasteiger partial charge on any atom is 0.201 e. The first-order valence-electron chi connectivity index (χ1n) is 6.64. The third kappa shape index (κ3) is 2.91. The molecule has 0 radical (unpaired) electrons. The Morgan fingerprint density at radius 1 is 1.19 bits per heavy atom. The number of rotatable bonds is 4. The Bertz CT molecular complexity index is 817. The number of nitrogens with one attached hydrogen (secondary N) is 2. The van der Waals surface area contributed by atoms with Gasteiger partial charge in [0.15, 0.2) is 0 Å². The molecule has 21 heavy (non-hydrogen) atoms. The number of halogens is 1. The van der Waals surface area contributed by atoms with Crippen LogP contribution in [-0.4, -0.2) is 16.5 Å². The molecule has 2 aromatic carbocycles. The van der Waals surface area contributed by atoms with Gasteiger partial charge in [0.2, 0.25) is 5.95 Å². The summed E-state index contributed by atoms with van der Waals surface area (Å²) >= 11 is 3.54. The molecule has 0 amide bonds. The third-order valence-corrected chi connectivity index (χ3v) is 4.05. The second kappa shape index (κ2) is 5.98. The van der Waals surface area contributed by atoms with E-state index in [0.29, 0.717) is 17.0 Å². The largest absolute Gasteiger partial charge is 0.355 e. The predicted octanol–water partition coefficient (Wildman–Crippen LogP) is 3.85. The molecule has 0 spiro atoms. The van der Waals surface area contributed by atoms with Gasteiger partial charge in [-0.25, -0.2) is 4.98 Å². The fourth-order valence-electron chi connectivity index (χ4n) is 2.22. The van der Waals surface area contributed by atoms with Gasteiger partial charge in [-0.15, -0.1) is 0 Å². The first kappa shape index (κ1) is 13.7. The molecule has 3 aromatic rings. The summed E-state index contributed by atoms with van der Waals surface area (Å²) in [6.07, 6.45) is 0.892. The molecule has 104 valence electrons. The lowest BCUT2D eigenvalue weighted by Gasteiger charge is -2.05. The minimum Gasteiger partial charge on any atom is -0.355 e. The second-order valence-electron chi connectivity index (χ2n) is 4.67. The van der Waals surface area contributed by atoms with E-state index < -0.39 is 0 Å². The fourth-order valence-corrected chi connectivity index (χ4v) is 2.71. The van der Waals surface area contributed by atoms with Crippen molar-refractivity contribution in [3.8, 4) is 6.07 Å². The molecule has 2 N–H and O–H groups in total. The van der Waals surface area contributed by atoms with Crippen LogP contribution in [0.15, 0.2) is 46.9 Å². The topological polar surface area (TPSA) is 64.5 Å². The first-order chi connectivity index (χ1) is 10.3. The summed E-state index contributed by atoms with van der Waals surface area (Å²) in [4.78, 5) is 7.62. The quantitative estimate of drug-likeness (QED) is 0.758. The summed E-state index contributed by atoms with van der Waals surface area (Å²) in [6, 6.07) is 15.9. The molecule has 0 atom stereocenters. The van der Waals surface area contributed by atoms with Crippen LogP contribution < -0.4 is 5.32 Å². The van der Waals surface area contributed by atoms with E-state index in [4.69, 9.17) is 5.26 Å². The average Bonchev–Trinajstić information content (AvgIpc) is 2.92. The fraction of sp³-hybridized carbons (Fsp3) is 0.125. The smallest absolute Gasteiger partial charge is 0.201 e. The van der Waals surface area contributed by atoms with Crippen molar-refractivity contribution in [3.05, 3.63) is 58.1 Å². The van der Waals surface area contributed by atoms with E-state index in [2.05, 4.69) is 43.4 Å². The molecule has 5 heteroatoms. The zero-order valence-corrected chi connectivity index (χ0v) is 12.8. The highest BCUT2D eigenvalue weighted by Crippen LogP contribution is 2.19. The number of nitriles is 1. The molecule has 0 aliphatic carbocycles. The number of imidazole rings is 1. The lowest BCUT2D eigenvalue weighted by molar-refractivity contribution is 0.994. The van der Waals surface area contributed by atoms with Gasteiger partial charge in [0, 0.05) is 11.0 Å². The van der Waals surface area contributed by atoms with E-state index in [-0.39, 0.29) is 0 Å². The van der Waals surface area contributed by atoms with Crippen LogP contribution in [0, 0.1) is 11.3 Å². The normalized spacial score (nSPS) is 10.5. The van der Waals surface area contributed by atoms with Crippen molar-refractivity contribution >= 4 is 32.9 Å². The van der Waals surface area contributed by atoms with Crippen molar-refractivity contribution in [2.45, 2.75) is 6.42 Å². The molecule has 0 fully saturated rings. The van der Waals surface area contributed by atoms with Crippen molar-refractivity contribution < 1.29 is 0 Å². The van der Waals surface area contributed by atoms with E-state index in [9.17, 15) is 0 Å². The molecule has 3 rings (SSSR count). The molecular formula is C16H13BrN4.